The summed E-state index contributed by atoms with van der Waals surface area (Å²) in [6, 6.07) is 2.49. The molecule has 1 heterocycles. The summed E-state index contributed by atoms with van der Waals surface area (Å²) in [6.45, 7) is 0. The molecule has 0 unspecified atom stereocenters. The second-order valence-electron chi connectivity index (χ2n) is 3.76. The Labute approximate surface area is 120 Å². The molecule has 1 atom stereocenters. The van der Waals surface area contributed by atoms with E-state index < -0.39 is 24.2 Å². The molecule has 9 heteroatoms. The Balaban J connectivity index is 2.53. The van der Waals surface area contributed by atoms with E-state index in [-0.39, 0.29) is 21.4 Å². The van der Waals surface area contributed by atoms with Gasteiger partial charge in [-0.25, -0.2) is 4.79 Å². The first-order valence-corrected chi connectivity index (χ1v) is 5.79. The molecule has 1 N–H and O–H groups in total. The van der Waals surface area contributed by atoms with Crippen LogP contribution in [0.1, 0.15) is 5.56 Å². The lowest BCUT2D eigenvalue weighted by Crippen LogP contribution is -2.39. The third-order valence-corrected chi connectivity index (χ3v) is 2.83. The van der Waals surface area contributed by atoms with Crippen LogP contribution in [0.3, 0.4) is 0 Å². The lowest BCUT2D eigenvalue weighted by Gasteiger charge is -2.28. The van der Waals surface area contributed by atoms with Crippen molar-refractivity contribution in [1.29, 1.82) is 0 Å². The minimum absolute atomic E-state index is 0.0965. The van der Waals surface area contributed by atoms with Gasteiger partial charge in [0.25, 0.3) is 6.10 Å². The number of rotatable bonds is 1. The lowest BCUT2D eigenvalue weighted by molar-refractivity contribution is -0.191. The first-order valence-electron chi connectivity index (χ1n) is 5.03. The maximum atomic E-state index is 12.8. The van der Waals surface area contributed by atoms with Crippen molar-refractivity contribution in [1.82, 2.24) is 0 Å². The SMILES string of the molecule is O=C(O)OC1=Cc2cc(Cl)cc(Cl)c2O[C@@H]1C(F)(F)F. The van der Waals surface area contributed by atoms with E-state index in [0.717, 1.165) is 6.08 Å². The zero-order chi connectivity index (χ0) is 15.1. The summed E-state index contributed by atoms with van der Waals surface area (Å²) in [5.41, 5.74) is 0.0965. The van der Waals surface area contributed by atoms with Gasteiger partial charge in [-0.1, -0.05) is 23.2 Å². The van der Waals surface area contributed by atoms with Gasteiger partial charge < -0.3 is 14.6 Å². The summed E-state index contributed by atoms with van der Waals surface area (Å²) in [4.78, 5) is 10.4. The molecule has 1 aromatic rings. The second-order valence-corrected chi connectivity index (χ2v) is 4.60. The average molecular weight is 329 g/mol. The molecule has 1 aliphatic heterocycles. The Bertz CT molecular complexity index is 598. The van der Waals surface area contributed by atoms with Crippen LogP contribution in [0.4, 0.5) is 18.0 Å². The van der Waals surface area contributed by atoms with E-state index >= 15 is 0 Å². The molecule has 108 valence electrons. The number of ether oxygens (including phenoxy) is 2. The predicted octanol–water partition coefficient (Wildman–Crippen LogP) is 4.35. The van der Waals surface area contributed by atoms with Crippen LogP contribution >= 0.6 is 23.2 Å². The third kappa shape index (κ3) is 2.94. The van der Waals surface area contributed by atoms with E-state index in [9.17, 15) is 18.0 Å². The van der Waals surface area contributed by atoms with Gasteiger partial charge in [0.05, 0.1) is 5.02 Å². The normalized spacial score (nSPS) is 17.9. The molecular weight excluding hydrogens is 324 g/mol. The number of fused-ring (bicyclic) bond motifs is 1. The van der Waals surface area contributed by atoms with Crippen LogP contribution in [-0.2, 0) is 4.74 Å². The average Bonchev–Trinajstić information content (AvgIpc) is 2.25. The first kappa shape index (κ1) is 14.8. The number of carboxylic acid groups (broad SMARTS) is 1. The number of alkyl halides is 3. The summed E-state index contributed by atoms with van der Waals surface area (Å²) in [5.74, 6) is -1.15. The molecule has 0 saturated carbocycles. The Morgan fingerprint density at radius 3 is 2.55 bits per heavy atom. The fraction of sp³-hybridized carbons (Fsp3) is 0.182. The molecular formula is C11H5Cl2F3O4. The number of hydrogen-bond donors (Lipinski definition) is 1. The third-order valence-electron chi connectivity index (χ3n) is 2.33. The summed E-state index contributed by atoms with van der Waals surface area (Å²) in [5, 5.41) is 8.51. The van der Waals surface area contributed by atoms with Gasteiger partial charge in [-0.05, 0) is 18.2 Å². The smallest absolute Gasteiger partial charge is 0.471 e. The number of hydrogen-bond acceptors (Lipinski definition) is 3. The van der Waals surface area contributed by atoms with Crippen LogP contribution in [-0.4, -0.2) is 23.5 Å². The molecule has 0 aliphatic carbocycles. The first-order chi connectivity index (χ1) is 9.18. The largest absolute Gasteiger partial charge is 0.511 e. The summed E-state index contributed by atoms with van der Waals surface area (Å²) >= 11 is 11.5. The molecule has 2 rings (SSSR count). The van der Waals surface area contributed by atoms with E-state index in [1.54, 1.807) is 0 Å². The molecule has 0 aromatic heterocycles. The second kappa shape index (κ2) is 5.06. The van der Waals surface area contributed by atoms with Crippen molar-refractivity contribution in [2.24, 2.45) is 0 Å². The van der Waals surface area contributed by atoms with Gasteiger partial charge in [0.1, 0.15) is 5.75 Å². The minimum atomic E-state index is -4.86. The van der Waals surface area contributed by atoms with Crippen molar-refractivity contribution in [3.63, 3.8) is 0 Å². The minimum Gasteiger partial charge on any atom is -0.471 e. The van der Waals surface area contributed by atoms with Crippen LogP contribution in [0.15, 0.2) is 17.9 Å². The fourth-order valence-corrected chi connectivity index (χ4v) is 2.18. The molecule has 0 spiro atoms. The van der Waals surface area contributed by atoms with Gasteiger partial charge in [0.2, 0.25) is 0 Å². The maximum absolute atomic E-state index is 12.8. The molecule has 1 aromatic carbocycles. The topological polar surface area (TPSA) is 55.8 Å². The highest BCUT2D eigenvalue weighted by Gasteiger charge is 2.48. The van der Waals surface area contributed by atoms with Gasteiger partial charge in [0.15, 0.2) is 5.76 Å². The van der Waals surface area contributed by atoms with Crippen molar-refractivity contribution in [2.75, 3.05) is 0 Å². The summed E-state index contributed by atoms with van der Waals surface area (Å²) in [6.07, 6.45) is -8.42. The molecule has 0 amide bonds. The predicted molar refractivity (Wildman–Crippen MR) is 64.0 cm³/mol. The molecule has 0 saturated heterocycles. The molecule has 4 nitrogen and oxygen atoms in total. The Morgan fingerprint density at radius 1 is 1.35 bits per heavy atom. The molecule has 0 radical (unpaired) electrons. The zero-order valence-electron chi connectivity index (χ0n) is 9.37. The highest BCUT2D eigenvalue weighted by molar-refractivity contribution is 6.36. The standard InChI is InChI=1S/C11H5Cl2F3O4/c12-5-1-4-2-7(19-10(17)18)9(11(14,15)16)20-8(4)6(13)3-5/h1-3,9H,(H,17,18)/t9-/m0/s1. The molecule has 0 bridgehead atoms. The van der Waals surface area contributed by atoms with E-state index in [4.69, 9.17) is 33.0 Å². The van der Waals surface area contributed by atoms with Crippen molar-refractivity contribution in [3.8, 4) is 5.75 Å². The maximum Gasteiger partial charge on any atom is 0.511 e. The van der Waals surface area contributed by atoms with Crippen molar-refractivity contribution in [2.45, 2.75) is 12.3 Å². The quantitative estimate of drug-likeness (QED) is 0.778. The fourth-order valence-electron chi connectivity index (χ4n) is 1.63. The van der Waals surface area contributed by atoms with Gasteiger partial charge in [-0.15, -0.1) is 0 Å². The van der Waals surface area contributed by atoms with Gasteiger partial charge in [0, 0.05) is 10.6 Å². The van der Waals surface area contributed by atoms with Crippen molar-refractivity contribution >= 4 is 35.4 Å². The number of halogens is 5. The summed E-state index contributed by atoms with van der Waals surface area (Å²) < 4.78 is 47.4. The highest BCUT2D eigenvalue weighted by atomic mass is 35.5. The van der Waals surface area contributed by atoms with Crippen LogP contribution in [0.5, 0.6) is 5.75 Å². The monoisotopic (exact) mass is 328 g/mol. The van der Waals surface area contributed by atoms with E-state index in [1.165, 1.54) is 12.1 Å². The van der Waals surface area contributed by atoms with Crippen molar-refractivity contribution in [3.05, 3.63) is 33.5 Å². The Morgan fingerprint density at radius 2 is 2.00 bits per heavy atom. The van der Waals surface area contributed by atoms with E-state index in [0.29, 0.717) is 0 Å². The van der Waals surface area contributed by atoms with Gasteiger partial charge >= 0.3 is 12.3 Å². The molecule has 0 fully saturated rings. The van der Waals surface area contributed by atoms with Crippen LogP contribution < -0.4 is 4.74 Å². The van der Waals surface area contributed by atoms with Gasteiger partial charge in [-0.3, -0.25) is 0 Å². The van der Waals surface area contributed by atoms with Crippen molar-refractivity contribution < 1.29 is 32.5 Å². The highest BCUT2D eigenvalue weighted by Crippen LogP contribution is 2.42. The van der Waals surface area contributed by atoms with Crippen LogP contribution in [0.2, 0.25) is 10.0 Å². The zero-order valence-corrected chi connectivity index (χ0v) is 10.9. The molecule has 20 heavy (non-hydrogen) atoms. The number of benzene rings is 1. The Kier molecular flexibility index (Phi) is 3.75. The van der Waals surface area contributed by atoms with Crippen LogP contribution in [0, 0.1) is 0 Å². The lowest BCUT2D eigenvalue weighted by atomic mass is 10.1. The van der Waals surface area contributed by atoms with Crippen LogP contribution in [0.25, 0.3) is 6.08 Å². The van der Waals surface area contributed by atoms with E-state index in [2.05, 4.69) is 4.74 Å². The Hall–Kier alpha value is -1.60. The molecule has 1 aliphatic rings. The summed E-state index contributed by atoms with van der Waals surface area (Å²) in [7, 11) is 0. The van der Waals surface area contributed by atoms with Gasteiger partial charge in [-0.2, -0.15) is 13.2 Å². The number of carbonyl (C=O) groups is 1. The van der Waals surface area contributed by atoms with E-state index in [1.807, 2.05) is 0 Å².